The Bertz CT molecular complexity index is 1140. The van der Waals surface area contributed by atoms with E-state index in [1.807, 2.05) is 62.6 Å². The third-order valence-corrected chi connectivity index (χ3v) is 4.75. The van der Waals surface area contributed by atoms with E-state index >= 15 is 0 Å². The van der Waals surface area contributed by atoms with Gasteiger partial charge in [-0.05, 0) is 19.1 Å². The Morgan fingerprint density at radius 1 is 1.10 bits per heavy atom. The smallest absolute Gasteiger partial charge is 0.254 e. The van der Waals surface area contributed by atoms with Gasteiger partial charge in [0.2, 0.25) is 5.89 Å². The lowest BCUT2D eigenvalue weighted by atomic mass is 10.1. The van der Waals surface area contributed by atoms with Crippen molar-refractivity contribution in [3.05, 3.63) is 83.8 Å². The molecule has 0 saturated carbocycles. The molecule has 0 saturated heterocycles. The van der Waals surface area contributed by atoms with E-state index in [0.717, 1.165) is 11.1 Å². The van der Waals surface area contributed by atoms with E-state index in [4.69, 9.17) is 4.42 Å². The van der Waals surface area contributed by atoms with Gasteiger partial charge in [-0.1, -0.05) is 42.0 Å². The van der Waals surface area contributed by atoms with Crippen molar-refractivity contribution >= 4 is 5.91 Å². The van der Waals surface area contributed by atoms with Crippen LogP contribution in [0.1, 0.15) is 21.5 Å². The highest BCUT2D eigenvalue weighted by Crippen LogP contribution is 2.29. The molecule has 1 amide bonds. The Labute approximate surface area is 169 Å². The number of carbonyl (C=O) groups is 1. The van der Waals surface area contributed by atoms with Gasteiger partial charge in [-0.2, -0.15) is 5.10 Å². The number of hydrogen-bond acceptors (Lipinski definition) is 4. The van der Waals surface area contributed by atoms with Gasteiger partial charge in [-0.25, -0.2) is 4.98 Å². The van der Waals surface area contributed by atoms with Gasteiger partial charge in [0.05, 0.1) is 18.0 Å². The lowest BCUT2D eigenvalue weighted by Crippen LogP contribution is -2.26. The molecular formula is C23H22N4O2. The van der Waals surface area contributed by atoms with Crippen LogP contribution < -0.4 is 0 Å². The lowest BCUT2D eigenvalue weighted by molar-refractivity contribution is 0.0785. The molecule has 4 rings (SSSR count). The number of amides is 1. The summed E-state index contributed by atoms with van der Waals surface area (Å²) in [6.45, 7) is 2.51. The minimum absolute atomic E-state index is 0.0976. The van der Waals surface area contributed by atoms with Gasteiger partial charge in [0.1, 0.15) is 0 Å². The molecular weight excluding hydrogens is 364 g/mol. The topological polar surface area (TPSA) is 64.2 Å². The first-order valence-electron chi connectivity index (χ1n) is 9.36. The van der Waals surface area contributed by atoms with Crippen LogP contribution in [-0.2, 0) is 13.6 Å². The molecule has 0 N–H and O–H groups in total. The Kier molecular flexibility index (Phi) is 4.99. The van der Waals surface area contributed by atoms with Gasteiger partial charge in [-0.15, -0.1) is 0 Å². The normalized spacial score (nSPS) is 10.9. The van der Waals surface area contributed by atoms with E-state index in [2.05, 4.69) is 10.1 Å². The molecule has 0 aliphatic rings. The number of carbonyl (C=O) groups excluding carboxylic acids is 1. The summed E-state index contributed by atoms with van der Waals surface area (Å²) >= 11 is 0. The second-order valence-electron chi connectivity index (χ2n) is 7.12. The summed E-state index contributed by atoms with van der Waals surface area (Å²) in [4.78, 5) is 19.2. The van der Waals surface area contributed by atoms with E-state index in [0.29, 0.717) is 29.3 Å². The molecule has 146 valence electrons. The maximum Gasteiger partial charge on any atom is 0.254 e. The van der Waals surface area contributed by atoms with Crippen molar-refractivity contribution in [2.24, 2.45) is 7.05 Å². The SMILES string of the molecule is Cc1ccc(-c2cnc(-c3ccccc3C(=O)N(C)Cc3cnn(C)c3)o2)cc1. The third-order valence-electron chi connectivity index (χ3n) is 4.75. The van der Waals surface area contributed by atoms with Gasteiger partial charge in [0.25, 0.3) is 5.91 Å². The second-order valence-corrected chi connectivity index (χ2v) is 7.12. The molecule has 29 heavy (non-hydrogen) atoms. The summed E-state index contributed by atoms with van der Waals surface area (Å²) < 4.78 is 7.72. The standard InChI is InChI=1S/C23H22N4O2/c1-16-8-10-18(11-9-16)21-13-24-22(29-21)19-6-4-5-7-20(19)23(28)26(2)14-17-12-25-27(3)15-17/h4-13,15H,14H2,1-3H3. The highest BCUT2D eigenvalue weighted by molar-refractivity contribution is 5.99. The van der Waals surface area contributed by atoms with E-state index in [-0.39, 0.29) is 5.91 Å². The number of rotatable bonds is 5. The Balaban J connectivity index is 1.61. The van der Waals surface area contributed by atoms with Crippen molar-refractivity contribution in [1.82, 2.24) is 19.7 Å². The van der Waals surface area contributed by atoms with E-state index < -0.39 is 0 Å². The van der Waals surface area contributed by atoms with Crippen molar-refractivity contribution in [2.45, 2.75) is 13.5 Å². The molecule has 0 spiro atoms. The average molecular weight is 386 g/mol. The number of aromatic nitrogens is 3. The lowest BCUT2D eigenvalue weighted by Gasteiger charge is -2.17. The predicted molar refractivity (Wildman–Crippen MR) is 111 cm³/mol. The summed E-state index contributed by atoms with van der Waals surface area (Å²) in [6.07, 6.45) is 5.36. The van der Waals surface area contributed by atoms with Crippen molar-refractivity contribution in [3.63, 3.8) is 0 Å². The molecule has 0 unspecified atom stereocenters. The second kappa shape index (κ2) is 7.75. The van der Waals surface area contributed by atoms with Crippen LogP contribution in [0.4, 0.5) is 0 Å². The van der Waals surface area contributed by atoms with Gasteiger partial charge < -0.3 is 9.32 Å². The fourth-order valence-corrected chi connectivity index (χ4v) is 3.21. The highest BCUT2D eigenvalue weighted by Gasteiger charge is 2.20. The molecule has 2 aromatic heterocycles. The first kappa shape index (κ1) is 18.7. The molecule has 0 atom stereocenters. The number of nitrogens with zero attached hydrogens (tertiary/aromatic N) is 4. The Hall–Kier alpha value is -3.67. The monoisotopic (exact) mass is 386 g/mol. The summed E-state index contributed by atoms with van der Waals surface area (Å²) in [6, 6.07) is 15.4. The molecule has 0 aliphatic carbocycles. The van der Waals surface area contributed by atoms with Crippen LogP contribution in [0.15, 0.2) is 71.5 Å². The highest BCUT2D eigenvalue weighted by atomic mass is 16.4. The van der Waals surface area contributed by atoms with E-state index in [1.54, 1.807) is 35.1 Å². The fourth-order valence-electron chi connectivity index (χ4n) is 3.21. The largest absolute Gasteiger partial charge is 0.436 e. The zero-order valence-corrected chi connectivity index (χ0v) is 16.7. The first-order chi connectivity index (χ1) is 14.0. The third kappa shape index (κ3) is 3.96. The predicted octanol–water partition coefficient (Wildman–Crippen LogP) is 4.32. The molecule has 2 heterocycles. The van der Waals surface area contributed by atoms with Crippen LogP contribution in [0.5, 0.6) is 0 Å². The van der Waals surface area contributed by atoms with Crippen LogP contribution in [0.3, 0.4) is 0 Å². The molecule has 6 nitrogen and oxygen atoms in total. The summed E-state index contributed by atoms with van der Waals surface area (Å²) in [5.41, 5.74) is 4.33. The molecule has 0 bridgehead atoms. The summed E-state index contributed by atoms with van der Waals surface area (Å²) in [7, 11) is 3.63. The van der Waals surface area contributed by atoms with Crippen molar-refractivity contribution in [2.75, 3.05) is 7.05 Å². The molecule has 4 aromatic rings. The fraction of sp³-hybridized carbons (Fsp3) is 0.174. The van der Waals surface area contributed by atoms with Gasteiger partial charge in [0.15, 0.2) is 5.76 Å². The number of benzene rings is 2. The van der Waals surface area contributed by atoms with Gasteiger partial charge >= 0.3 is 0 Å². The molecule has 6 heteroatoms. The molecule has 2 aromatic carbocycles. The van der Waals surface area contributed by atoms with Crippen LogP contribution in [-0.4, -0.2) is 32.6 Å². The first-order valence-corrected chi connectivity index (χ1v) is 9.36. The van der Waals surface area contributed by atoms with Crippen LogP contribution in [0, 0.1) is 6.92 Å². The van der Waals surface area contributed by atoms with Crippen molar-refractivity contribution < 1.29 is 9.21 Å². The Morgan fingerprint density at radius 3 is 2.59 bits per heavy atom. The maximum atomic E-state index is 13.1. The average Bonchev–Trinajstić information content (AvgIpc) is 3.37. The minimum Gasteiger partial charge on any atom is -0.436 e. The van der Waals surface area contributed by atoms with Crippen molar-refractivity contribution in [1.29, 1.82) is 0 Å². The number of hydrogen-bond donors (Lipinski definition) is 0. The zero-order valence-electron chi connectivity index (χ0n) is 16.7. The zero-order chi connectivity index (χ0) is 20.4. The molecule has 0 fully saturated rings. The van der Waals surface area contributed by atoms with E-state index in [9.17, 15) is 4.79 Å². The van der Waals surface area contributed by atoms with Crippen LogP contribution >= 0.6 is 0 Å². The molecule has 0 aliphatic heterocycles. The van der Waals surface area contributed by atoms with E-state index in [1.165, 1.54) is 5.56 Å². The van der Waals surface area contributed by atoms with Gasteiger partial charge in [-0.3, -0.25) is 9.48 Å². The summed E-state index contributed by atoms with van der Waals surface area (Å²) in [5.74, 6) is 1.00. The number of aryl methyl sites for hydroxylation is 2. The quantitative estimate of drug-likeness (QED) is 0.512. The molecule has 0 radical (unpaired) electrons. The van der Waals surface area contributed by atoms with Crippen LogP contribution in [0.2, 0.25) is 0 Å². The maximum absolute atomic E-state index is 13.1. The summed E-state index contributed by atoms with van der Waals surface area (Å²) in [5, 5.41) is 4.16. The number of oxazole rings is 1. The Morgan fingerprint density at radius 2 is 1.86 bits per heavy atom. The van der Waals surface area contributed by atoms with Crippen LogP contribution in [0.25, 0.3) is 22.8 Å². The van der Waals surface area contributed by atoms with Crippen molar-refractivity contribution in [3.8, 4) is 22.8 Å². The van der Waals surface area contributed by atoms with Gasteiger partial charge in [0, 0.05) is 43.5 Å². The minimum atomic E-state index is -0.0976.